The van der Waals surface area contributed by atoms with E-state index in [1.807, 2.05) is 37.6 Å². The summed E-state index contributed by atoms with van der Waals surface area (Å²) in [6, 6.07) is 8.03. The maximum Gasteiger partial charge on any atom is 0.152 e. The molecule has 0 unspecified atom stereocenters. The van der Waals surface area contributed by atoms with Gasteiger partial charge in [0.1, 0.15) is 0 Å². The van der Waals surface area contributed by atoms with Gasteiger partial charge in [-0.3, -0.25) is 14.4 Å². The van der Waals surface area contributed by atoms with E-state index in [0.717, 1.165) is 53.9 Å². The van der Waals surface area contributed by atoms with Crippen molar-refractivity contribution < 1.29 is 4.79 Å². The molecule has 3 heterocycles. The van der Waals surface area contributed by atoms with E-state index in [1.54, 1.807) is 4.68 Å². The van der Waals surface area contributed by atoms with Crippen LogP contribution in [0.15, 0.2) is 36.7 Å². The van der Waals surface area contributed by atoms with E-state index in [4.69, 9.17) is 0 Å². The fourth-order valence-electron chi connectivity index (χ4n) is 3.44. The zero-order valence-corrected chi connectivity index (χ0v) is 15.8. The highest BCUT2D eigenvalue weighted by Crippen LogP contribution is 2.23. The molecular weight excluding hydrogens is 340 g/mol. The highest BCUT2D eigenvalue weighted by Gasteiger charge is 2.17. The summed E-state index contributed by atoms with van der Waals surface area (Å²) >= 11 is 0. The second-order valence-electron chi connectivity index (χ2n) is 7.31. The molecule has 1 aliphatic heterocycles. The van der Waals surface area contributed by atoms with E-state index in [0.29, 0.717) is 13.0 Å². The van der Waals surface area contributed by atoms with Crippen LogP contribution < -0.4 is 0 Å². The Morgan fingerprint density at radius 2 is 1.85 bits per heavy atom. The molecule has 1 saturated heterocycles. The third kappa shape index (κ3) is 4.20. The molecule has 140 valence electrons. The predicted octanol–water partition coefficient (Wildman–Crippen LogP) is 1.39. The third-order valence-electron chi connectivity index (χ3n) is 5.05. The third-order valence-corrected chi connectivity index (χ3v) is 5.05. The molecule has 7 nitrogen and oxygen atoms in total. The van der Waals surface area contributed by atoms with Gasteiger partial charge in [-0.15, -0.1) is 0 Å². The number of hydrogen-bond acceptors (Lipinski definition) is 6. The van der Waals surface area contributed by atoms with Crippen molar-refractivity contribution in [1.29, 1.82) is 0 Å². The Kier molecular flexibility index (Phi) is 4.96. The van der Waals surface area contributed by atoms with Gasteiger partial charge in [-0.1, -0.05) is 6.07 Å². The lowest BCUT2D eigenvalue weighted by Gasteiger charge is -2.31. The summed E-state index contributed by atoms with van der Waals surface area (Å²) in [7, 11) is 4.02. The quantitative estimate of drug-likeness (QED) is 0.682. The van der Waals surface area contributed by atoms with Gasteiger partial charge < -0.3 is 4.90 Å². The number of ketones is 1. The molecule has 0 spiro atoms. The van der Waals surface area contributed by atoms with E-state index in [9.17, 15) is 4.79 Å². The van der Waals surface area contributed by atoms with Crippen LogP contribution in [0.2, 0.25) is 0 Å². The van der Waals surface area contributed by atoms with Crippen LogP contribution in [0.5, 0.6) is 0 Å². The summed E-state index contributed by atoms with van der Waals surface area (Å²) < 4.78 is 1.78. The Morgan fingerprint density at radius 1 is 1.04 bits per heavy atom. The number of aromatic nitrogens is 4. The molecule has 0 N–H and O–H groups in total. The first-order valence-corrected chi connectivity index (χ1v) is 9.25. The Balaban J connectivity index is 1.48. The number of rotatable bonds is 5. The predicted molar refractivity (Wildman–Crippen MR) is 104 cm³/mol. The first-order chi connectivity index (χ1) is 13.1. The lowest BCUT2D eigenvalue weighted by Crippen LogP contribution is -2.46. The van der Waals surface area contributed by atoms with Gasteiger partial charge in [0.2, 0.25) is 0 Å². The molecule has 4 rings (SSSR count). The maximum atomic E-state index is 12.5. The van der Waals surface area contributed by atoms with Crippen LogP contribution in [0.1, 0.15) is 5.69 Å². The van der Waals surface area contributed by atoms with Gasteiger partial charge in [0.15, 0.2) is 5.78 Å². The number of fused-ring (bicyclic) bond motifs is 1. The second-order valence-corrected chi connectivity index (χ2v) is 7.31. The molecule has 0 radical (unpaired) electrons. The number of carbonyl (C=O) groups excluding carboxylic acids is 1. The maximum absolute atomic E-state index is 12.5. The van der Waals surface area contributed by atoms with Gasteiger partial charge in [0.25, 0.3) is 0 Å². The summed E-state index contributed by atoms with van der Waals surface area (Å²) in [4.78, 5) is 17.0. The summed E-state index contributed by atoms with van der Waals surface area (Å²) in [5.41, 5.74) is 3.70. The topological polar surface area (TPSA) is 67.2 Å². The summed E-state index contributed by atoms with van der Waals surface area (Å²) in [5.74, 6) is 0.191. The average Bonchev–Trinajstić information content (AvgIpc) is 3.09. The minimum atomic E-state index is 0.191. The van der Waals surface area contributed by atoms with Gasteiger partial charge in [-0.25, -0.2) is 0 Å². The highest BCUT2D eigenvalue weighted by atomic mass is 16.1. The van der Waals surface area contributed by atoms with E-state index >= 15 is 0 Å². The molecule has 2 aromatic heterocycles. The Morgan fingerprint density at radius 3 is 2.59 bits per heavy atom. The largest absolute Gasteiger partial charge is 0.304 e. The summed E-state index contributed by atoms with van der Waals surface area (Å²) in [6.07, 6.45) is 4.15. The second kappa shape index (κ2) is 7.54. The van der Waals surface area contributed by atoms with Crippen molar-refractivity contribution in [3.63, 3.8) is 0 Å². The number of Topliss-reactive ketones (excluding diaryl/α,β-unsaturated/α-hetero) is 1. The first-order valence-electron chi connectivity index (χ1n) is 9.25. The van der Waals surface area contributed by atoms with Gasteiger partial charge in [0, 0.05) is 50.4 Å². The van der Waals surface area contributed by atoms with Crippen LogP contribution in [-0.4, -0.2) is 75.3 Å². The fraction of sp³-hybridized carbons (Fsp3) is 0.400. The number of benzene rings is 1. The van der Waals surface area contributed by atoms with Crippen LogP contribution in [0.4, 0.5) is 0 Å². The fourth-order valence-corrected chi connectivity index (χ4v) is 3.44. The average molecular weight is 364 g/mol. The zero-order chi connectivity index (χ0) is 18.8. The lowest BCUT2D eigenvalue weighted by molar-refractivity contribution is -0.120. The number of nitrogens with zero attached hydrogens (tertiary/aromatic N) is 6. The van der Waals surface area contributed by atoms with Crippen molar-refractivity contribution in [3.05, 3.63) is 42.4 Å². The molecular formula is C20H24N6O. The molecule has 0 saturated carbocycles. The molecule has 3 aromatic rings. The molecule has 1 aliphatic rings. The standard InChI is InChI=1S/C20H24N6O/c1-24-5-7-26(8-6-24)14-19(27)11-18-10-16-9-15(3-4-20(16)23-22-18)17-12-21-25(2)13-17/h3-4,9-10,12-13H,5-8,11,14H2,1-2H3. The molecule has 0 amide bonds. The summed E-state index contributed by atoms with van der Waals surface area (Å²) in [5, 5.41) is 13.8. The Labute approximate surface area is 158 Å². The van der Waals surface area contributed by atoms with Gasteiger partial charge in [-0.2, -0.15) is 15.3 Å². The van der Waals surface area contributed by atoms with Crippen molar-refractivity contribution in [2.24, 2.45) is 7.05 Å². The van der Waals surface area contributed by atoms with Crippen molar-refractivity contribution in [3.8, 4) is 11.1 Å². The Bertz CT molecular complexity index is 958. The van der Waals surface area contributed by atoms with Crippen LogP contribution >= 0.6 is 0 Å². The van der Waals surface area contributed by atoms with Crippen molar-refractivity contribution in [2.75, 3.05) is 39.8 Å². The first kappa shape index (κ1) is 17.8. The molecule has 0 bridgehead atoms. The number of aryl methyl sites for hydroxylation is 1. The monoisotopic (exact) mass is 364 g/mol. The van der Waals surface area contributed by atoms with Crippen molar-refractivity contribution in [1.82, 2.24) is 29.8 Å². The highest BCUT2D eigenvalue weighted by molar-refractivity contribution is 5.86. The van der Waals surface area contributed by atoms with Gasteiger partial charge >= 0.3 is 0 Å². The number of likely N-dealkylation sites (N-methyl/N-ethyl adjacent to an activating group) is 1. The molecule has 1 aromatic carbocycles. The molecule has 0 atom stereocenters. The number of piperazine rings is 1. The minimum absolute atomic E-state index is 0.191. The Hall–Kier alpha value is -2.64. The van der Waals surface area contributed by atoms with Crippen LogP contribution in [0.25, 0.3) is 22.0 Å². The van der Waals surface area contributed by atoms with E-state index in [-0.39, 0.29) is 5.78 Å². The van der Waals surface area contributed by atoms with Crippen molar-refractivity contribution >= 4 is 16.7 Å². The SMILES string of the molecule is CN1CCN(CC(=O)Cc2cc3cc(-c4cnn(C)c4)ccc3nn2)CC1. The minimum Gasteiger partial charge on any atom is -0.304 e. The number of carbonyl (C=O) groups is 1. The molecule has 7 heteroatoms. The van der Waals surface area contributed by atoms with E-state index in [2.05, 4.69) is 38.2 Å². The molecule has 0 aliphatic carbocycles. The van der Waals surface area contributed by atoms with Crippen LogP contribution in [0, 0.1) is 0 Å². The normalized spacial score (nSPS) is 16.1. The van der Waals surface area contributed by atoms with Crippen molar-refractivity contribution in [2.45, 2.75) is 6.42 Å². The zero-order valence-electron chi connectivity index (χ0n) is 15.8. The van der Waals surface area contributed by atoms with E-state index < -0.39 is 0 Å². The number of hydrogen-bond donors (Lipinski definition) is 0. The van der Waals surface area contributed by atoms with Gasteiger partial charge in [0.05, 0.1) is 30.4 Å². The van der Waals surface area contributed by atoms with E-state index in [1.165, 1.54) is 0 Å². The van der Waals surface area contributed by atoms with Gasteiger partial charge in [-0.05, 0) is 30.8 Å². The van der Waals surface area contributed by atoms with Crippen LogP contribution in [-0.2, 0) is 18.3 Å². The lowest BCUT2D eigenvalue weighted by atomic mass is 10.1. The summed E-state index contributed by atoms with van der Waals surface area (Å²) in [6.45, 7) is 4.41. The molecule has 1 fully saturated rings. The molecule has 27 heavy (non-hydrogen) atoms. The van der Waals surface area contributed by atoms with Crippen LogP contribution in [0.3, 0.4) is 0 Å². The smallest absolute Gasteiger partial charge is 0.152 e.